The Morgan fingerprint density at radius 2 is 2.26 bits per heavy atom. The molecule has 0 saturated heterocycles. The Morgan fingerprint density at radius 1 is 1.42 bits per heavy atom. The lowest BCUT2D eigenvalue weighted by Crippen LogP contribution is -2.15. The summed E-state index contributed by atoms with van der Waals surface area (Å²) in [5, 5.41) is 5.19. The molecule has 1 amide bonds. The van der Waals surface area contributed by atoms with Crippen LogP contribution in [0.2, 0.25) is 0 Å². The van der Waals surface area contributed by atoms with Crippen LogP contribution in [0.1, 0.15) is 43.9 Å². The minimum absolute atomic E-state index is 0.121. The third kappa shape index (κ3) is 2.37. The van der Waals surface area contributed by atoms with Gasteiger partial charge in [-0.2, -0.15) is 0 Å². The van der Waals surface area contributed by atoms with E-state index in [4.69, 9.17) is 4.98 Å². The van der Waals surface area contributed by atoms with Crippen LogP contribution in [-0.4, -0.2) is 10.9 Å². The monoisotopic (exact) mass is 274 g/mol. The topological polar surface area (TPSA) is 42.0 Å². The highest BCUT2D eigenvalue weighted by Gasteiger charge is 2.19. The molecule has 1 aliphatic rings. The van der Waals surface area contributed by atoms with Crippen molar-refractivity contribution in [3.8, 4) is 0 Å². The van der Waals surface area contributed by atoms with Crippen LogP contribution in [0.15, 0.2) is 11.4 Å². The highest BCUT2D eigenvalue weighted by Crippen LogP contribution is 2.36. The fourth-order valence-electron chi connectivity index (χ4n) is 2.70. The highest BCUT2D eigenvalue weighted by molar-refractivity contribution is 7.17. The summed E-state index contributed by atoms with van der Waals surface area (Å²) in [6.45, 7) is 2.03. The van der Waals surface area contributed by atoms with Gasteiger partial charge in [0.1, 0.15) is 0 Å². The van der Waals surface area contributed by atoms with Crippen LogP contribution in [-0.2, 0) is 17.6 Å². The molecule has 2 aromatic rings. The second-order valence-corrected chi connectivity index (χ2v) is 5.97. The maximum Gasteiger partial charge on any atom is 0.224 e. The van der Waals surface area contributed by atoms with Crippen LogP contribution in [0, 0.1) is 0 Å². The van der Waals surface area contributed by atoms with E-state index >= 15 is 0 Å². The number of pyridine rings is 1. The first-order chi connectivity index (χ1) is 9.29. The van der Waals surface area contributed by atoms with Crippen LogP contribution in [0.3, 0.4) is 0 Å². The minimum atomic E-state index is 0.121. The molecule has 19 heavy (non-hydrogen) atoms. The number of rotatable bonds is 3. The Kier molecular flexibility index (Phi) is 3.51. The zero-order valence-electron chi connectivity index (χ0n) is 11.2. The van der Waals surface area contributed by atoms with Crippen LogP contribution in [0.5, 0.6) is 0 Å². The van der Waals surface area contributed by atoms with Crippen molar-refractivity contribution >= 4 is 33.1 Å². The predicted octanol–water partition coefficient (Wildman–Crippen LogP) is 3.91. The molecule has 1 N–H and O–H groups in total. The van der Waals surface area contributed by atoms with E-state index in [1.165, 1.54) is 24.1 Å². The van der Waals surface area contributed by atoms with E-state index < -0.39 is 0 Å². The molecule has 0 aromatic carbocycles. The number of aromatic nitrogens is 1. The number of anilines is 1. The zero-order valence-corrected chi connectivity index (χ0v) is 12.0. The van der Waals surface area contributed by atoms with Gasteiger partial charge in [0.2, 0.25) is 5.91 Å². The third-order valence-corrected chi connectivity index (χ3v) is 4.53. The molecule has 0 fully saturated rings. The number of hydrogen-bond donors (Lipinski definition) is 1. The first kappa shape index (κ1) is 12.6. The average Bonchev–Trinajstić information content (AvgIpc) is 2.87. The summed E-state index contributed by atoms with van der Waals surface area (Å²) in [7, 11) is 0. The Bertz CT molecular complexity index is 618. The number of aryl methyl sites for hydroxylation is 1. The number of hydrogen-bond acceptors (Lipinski definition) is 3. The molecule has 0 aliphatic heterocycles. The van der Waals surface area contributed by atoms with E-state index in [2.05, 4.69) is 10.7 Å². The summed E-state index contributed by atoms with van der Waals surface area (Å²) < 4.78 is 1.13. The quantitative estimate of drug-likeness (QED) is 0.922. The molecular weight excluding hydrogens is 256 g/mol. The molecule has 0 saturated carbocycles. The first-order valence-electron chi connectivity index (χ1n) is 6.98. The Hall–Kier alpha value is -1.42. The largest absolute Gasteiger partial charge is 0.324 e. The number of nitrogens with zero attached hydrogens (tertiary/aromatic N) is 1. The van der Waals surface area contributed by atoms with Gasteiger partial charge in [0.15, 0.2) is 0 Å². The number of carbonyl (C=O) groups excluding carboxylic acids is 1. The first-order valence-corrected chi connectivity index (χ1v) is 7.86. The number of fused-ring (bicyclic) bond motifs is 2. The van der Waals surface area contributed by atoms with Crippen molar-refractivity contribution < 1.29 is 4.79 Å². The van der Waals surface area contributed by atoms with Crippen molar-refractivity contribution in [1.29, 1.82) is 0 Å². The summed E-state index contributed by atoms with van der Waals surface area (Å²) in [5.41, 5.74) is 4.51. The van der Waals surface area contributed by atoms with Crippen LogP contribution < -0.4 is 5.32 Å². The molecule has 2 aromatic heterocycles. The lowest BCUT2D eigenvalue weighted by molar-refractivity contribution is -0.116. The van der Waals surface area contributed by atoms with E-state index in [-0.39, 0.29) is 5.91 Å². The van der Waals surface area contributed by atoms with Gasteiger partial charge in [0.25, 0.3) is 0 Å². The van der Waals surface area contributed by atoms with E-state index in [1.54, 1.807) is 11.3 Å². The summed E-state index contributed by atoms with van der Waals surface area (Å²) >= 11 is 1.67. The SMILES string of the molecule is CCCC(=O)Nc1c2c(nc3ccsc13)CCCC2. The van der Waals surface area contributed by atoms with Crippen LogP contribution in [0.25, 0.3) is 10.2 Å². The van der Waals surface area contributed by atoms with Gasteiger partial charge in [-0.3, -0.25) is 9.78 Å². The van der Waals surface area contributed by atoms with Gasteiger partial charge in [-0.05, 0) is 49.1 Å². The van der Waals surface area contributed by atoms with Crippen molar-refractivity contribution in [2.24, 2.45) is 0 Å². The summed E-state index contributed by atoms with van der Waals surface area (Å²) in [5.74, 6) is 0.121. The second kappa shape index (κ2) is 5.29. The normalized spacial score (nSPS) is 14.4. The number of thiophene rings is 1. The Labute approximate surface area is 117 Å². The molecule has 0 radical (unpaired) electrons. The zero-order chi connectivity index (χ0) is 13.2. The lowest BCUT2D eigenvalue weighted by atomic mass is 9.94. The van der Waals surface area contributed by atoms with Gasteiger partial charge in [-0.25, -0.2) is 0 Å². The third-order valence-electron chi connectivity index (χ3n) is 3.61. The van der Waals surface area contributed by atoms with E-state index in [0.29, 0.717) is 6.42 Å². The maximum absolute atomic E-state index is 11.9. The molecule has 0 unspecified atom stereocenters. The van der Waals surface area contributed by atoms with E-state index in [9.17, 15) is 4.79 Å². The highest BCUT2D eigenvalue weighted by atomic mass is 32.1. The summed E-state index contributed by atoms with van der Waals surface area (Å²) in [6, 6.07) is 2.05. The lowest BCUT2D eigenvalue weighted by Gasteiger charge is -2.19. The molecule has 0 bridgehead atoms. The molecule has 100 valence electrons. The molecular formula is C15H18N2OS. The molecule has 2 heterocycles. The summed E-state index contributed by atoms with van der Waals surface area (Å²) in [6.07, 6.45) is 5.95. The number of carbonyl (C=O) groups is 1. The molecule has 3 nitrogen and oxygen atoms in total. The molecule has 0 spiro atoms. The fourth-order valence-corrected chi connectivity index (χ4v) is 3.56. The number of nitrogens with one attached hydrogen (secondary N) is 1. The van der Waals surface area contributed by atoms with Gasteiger partial charge in [0, 0.05) is 12.1 Å². The van der Waals surface area contributed by atoms with E-state index in [0.717, 1.165) is 35.2 Å². The summed E-state index contributed by atoms with van der Waals surface area (Å²) in [4.78, 5) is 16.7. The average molecular weight is 274 g/mol. The van der Waals surface area contributed by atoms with Crippen LogP contribution >= 0.6 is 11.3 Å². The predicted molar refractivity (Wildman–Crippen MR) is 79.8 cm³/mol. The molecule has 0 atom stereocenters. The van der Waals surface area contributed by atoms with Gasteiger partial charge >= 0.3 is 0 Å². The fraction of sp³-hybridized carbons (Fsp3) is 0.467. The van der Waals surface area contributed by atoms with Crippen molar-refractivity contribution in [3.05, 3.63) is 22.7 Å². The minimum Gasteiger partial charge on any atom is -0.324 e. The molecule has 1 aliphatic carbocycles. The second-order valence-electron chi connectivity index (χ2n) is 5.05. The van der Waals surface area contributed by atoms with Crippen molar-refractivity contribution in [2.45, 2.75) is 45.4 Å². The van der Waals surface area contributed by atoms with Crippen molar-refractivity contribution in [2.75, 3.05) is 5.32 Å². The Balaban J connectivity index is 2.08. The molecule has 4 heteroatoms. The van der Waals surface area contributed by atoms with Gasteiger partial charge in [-0.15, -0.1) is 11.3 Å². The standard InChI is InChI=1S/C15H18N2OS/c1-2-5-13(18)17-14-10-6-3-4-7-11(10)16-12-8-9-19-15(12)14/h8-9H,2-7H2,1H3,(H,16,17,18). The van der Waals surface area contributed by atoms with Crippen LogP contribution in [0.4, 0.5) is 5.69 Å². The van der Waals surface area contributed by atoms with Crippen molar-refractivity contribution in [3.63, 3.8) is 0 Å². The number of amides is 1. The van der Waals surface area contributed by atoms with Gasteiger partial charge < -0.3 is 5.32 Å². The maximum atomic E-state index is 11.9. The van der Waals surface area contributed by atoms with E-state index in [1.807, 2.05) is 13.0 Å². The smallest absolute Gasteiger partial charge is 0.224 e. The van der Waals surface area contributed by atoms with Gasteiger partial charge in [0.05, 0.1) is 15.9 Å². The van der Waals surface area contributed by atoms with Crippen molar-refractivity contribution in [1.82, 2.24) is 4.98 Å². The molecule has 3 rings (SSSR count). The van der Waals surface area contributed by atoms with Gasteiger partial charge in [-0.1, -0.05) is 6.92 Å². The Morgan fingerprint density at radius 3 is 3.11 bits per heavy atom.